The van der Waals surface area contributed by atoms with Gasteiger partial charge in [0.1, 0.15) is 18.0 Å². The third-order valence-corrected chi connectivity index (χ3v) is 7.61. The van der Waals surface area contributed by atoms with Crippen molar-refractivity contribution in [3.8, 4) is 18.1 Å². The van der Waals surface area contributed by atoms with Crippen molar-refractivity contribution in [3.05, 3.63) is 63.4 Å². The highest BCUT2D eigenvalue weighted by Gasteiger charge is 2.56. The standard InChI is InChI=1S/C24H28ClN2O9P/c1-5-24(25)20(29)18(35-22(24)27-12-11-19(28)26-23(27)31)13-33-37(32,36-17-9-7-6-8-10-17)14-16(4)21(30)34-15(2)3/h1,6-12,15-16,18,20,22,29H,13-14H2,2-4H3,(H,26,28,31)/t16-,18-,20+,22-,24?,37+/m1/s1/i13D2. The molecule has 3 rings (SSSR count). The average molecular weight is 557 g/mol. The molecule has 0 bridgehead atoms. The number of aromatic nitrogens is 2. The van der Waals surface area contributed by atoms with Crippen LogP contribution in [0.2, 0.25) is 0 Å². The largest absolute Gasteiger partial charge is 0.463 e. The summed E-state index contributed by atoms with van der Waals surface area (Å²) in [6.45, 7) is 1.58. The van der Waals surface area contributed by atoms with Crippen molar-refractivity contribution in [1.29, 1.82) is 0 Å². The number of aromatic amines is 1. The Bertz CT molecular complexity index is 1390. The van der Waals surface area contributed by atoms with Gasteiger partial charge in [-0.3, -0.25) is 23.7 Å². The molecule has 37 heavy (non-hydrogen) atoms. The van der Waals surface area contributed by atoms with Crippen LogP contribution in [0, 0.1) is 18.3 Å². The van der Waals surface area contributed by atoms with Gasteiger partial charge < -0.3 is 19.1 Å². The monoisotopic (exact) mass is 556 g/mol. The summed E-state index contributed by atoms with van der Waals surface area (Å²) in [5.41, 5.74) is -1.72. The molecule has 0 aliphatic carbocycles. The Kier molecular flexibility index (Phi) is 8.13. The number of benzene rings is 1. The van der Waals surface area contributed by atoms with Gasteiger partial charge in [0.05, 0.1) is 27.5 Å². The van der Waals surface area contributed by atoms with E-state index >= 15 is 0 Å². The summed E-state index contributed by atoms with van der Waals surface area (Å²) in [5, 5.41) is 11.0. The fraction of sp³-hybridized carbons (Fsp3) is 0.458. The maximum atomic E-state index is 13.9. The molecule has 1 aromatic heterocycles. The topological polar surface area (TPSA) is 146 Å². The lowest BCUT2D eigenvalue weighted by Crippen LogP contribution is -2.44. The third-order valence-electron chi connectivity index (χ3n) is 5.22. The molecule has 0 radical (unpaired) electrons. The highest BCUT2D eigenvalue weighted by Crippen LogP contribution is 2.51. The molecule has 0 saturated carbocycles. The smallest absolute Gasteiger partial charge is 0.380 e. The van der Waals surface area contributed by atoms with Gasteiger partial charge in [-0.1, -0.05) is 42.6 Å². The fourth-order valence-corrected chi connectivity index (χ4v) is 5.42. The molecule has 6 atom stereocenters. The molecule has 1 aliphatic rings. The van der Waals surface area contributed by atoms with Gasteiger partial charge in [-0.05, 0) is 26.0 Å². The molecular weight excluding hydrogens is 527 g/mol. The first-order valence-electron chi connectivity index (χ1n) is 12.2. The van der Waals surface area contributed by atoms with E-state index in [-0.39, 0.29) is 5.75 Å². The minimum atomic E-state index is -4.53. The van der Waals surface area contributed by atoms with E-state index in [9.17, 15) is 24.1 Å². The molecule has 11 nitrogen and oxygen atoms in total. The Hall–Kier alpha value is -2.87. The normalized spacial score (nSPS) is 26.9. The lowest BCUT2D eigenvalue weighted by atomic mass is 9.99. The minimum absolute atomic E-state index is 0.0573. The number of carbonyl (C=O) groups excluding carboxylic acids is 1. The maximum Gasteiger partial charge on any atom is 0.380 e. The van der Waals surface area contributed by atoms with Crippen molar-refractivity contribution >= 4 is 25.2 Å². The van der Waals surface area contributed by atoms with Crippen LogP contribution in [0.15, 0.2) is 52.2 Å². The molecule has 2 heterocycles. The Morgan fingerprint density at radius 1 is 1.35 bits per heavy atom. The number of esters is 1. The fourth-order valence-electron chi connectivity index (χ4n) is 3.43. The van der Waals surface area contributed by atoms with Crippen LogP contribution in [0.25, 0.3) is 0 Å². The van der Waals surface area contributed by atoms with Crippen LogP contribution in [0.1, 0.15) is 29.7 Å². The second kappa shape index (κ2) is 11.7. The van der Waals surface area contributed by atoms with Gasteiger partial charge >= 0.3 is 19.3 Å². The molecule has 1 fully saturated rings. The number of aliphatic hydroxyl groups excluding tert-OH is 1. The van der Waals surface area contributed by atoms with Gasteiger partial charge in [0.2, 0.25) is 0 Å². The van der Waals surface area contributed by atoms with Crippen LogP contribution in [-0.2, 0) is 23.4 Å². The van der Waals surface area contributed by atoms with Crippen molar-refractivity contribution in [2.75, 3.05) is 12.7 Å². The van der Waals surface area contributed by atoms with Crippen LogP contribution in [-0.4, -0.2) is 56.5 Å². The number of hydrogen-bond donors (Lipinski definition) is 2. The van der Waals surface area contributed by atoms with Gasteiger partial charge in [0.15, 0.2) is 11.1 Å². The number of nitrogens with zero attached hydrogens (tertiary/aromatic N) is 1. The number of rotatable bonds is 10. The lowest BCUT2D eigenvalue weighted by Gasteiger charge is -2.25. The number of halogens is 1. The molecule has 2 aromatic rings. The second-order valence-corrected chi connectivity index (χ2v) is 11.2. The van der Waals surface area contributed by atoms with E-state index in [1.165, 1.54) is 19.1 Å². The predicted octanol–water partition coefficient (Wildman–Crippen LogP) is 2.28. The van der Waals surface area contributed by atoms with Crippen molar-refractivity contribution in [3.63, 3.8) is 0 Å². The molecule has 1 unspecified atom stereocenters. The van der Waals surface area contributed by atoms with E-state index in [2.05, 4.69) is 5.92 Å². The third kappa shape index (κ3) is 6.72. The van der Waals surface area contributed by atoms with Crippen LogP contribution < -0.4 is 15.8 Å². The summed E-state index contributed by atoms with van der Waals surface area (Å²) < 4.78 is 53.5. The van der Waals surface area contributed by atoms with Crippen molar-refractivity contribution < 1.29 is 35.7 Å². The van der Waals surface area contributed by atoms with Crippen molar-refractivity contribution in [2.24, 2.45) is 5.92 Å². The number of nitrogens with one attached hydrogen (secondary N) is 1. The quantitative estimate of drug-likeness (QED) is 0.195. The molecule has 0 spiro atoms. The number of terminal acetylenes is 1. The lowest BCUT2D eigenvalue weighted by molar-refractivity contribution is -0.151. The zero-order valence-electron chi connectivity index (χ0n) is 22.2. The molecular formula is C24H28ClN2O9P. The zero-order valence-corrected chi connectivity index (χ0v) is 21.8. The molecule has 1 aromatic carbocycles. The van der Waals surface area contributed by atoms with Crippen LogP contribution in [0.4, 0.5) is 0 Å². The van der Waals surface area contributed by atoms with E-state index in [4.69, 9.17) is 39.3 Å². The van der Waals surface area contributed by atoms with E-state index in [0.717, 1.165) is 16.8 Å². The summed E-state index contributed by atoms with van der Waals surface area (Å²) in [6.07, 6.45) is -0.178. The molecule has 0 amide bonds. The van der Waals surface area contributed by atoms with E-state index < -0.39 is 72.9 Å². The predicted molar refractivity (Wildman–Crippen MR) is 135 cm³/mol. The summed E-state index contributed by atoms with van der Waals surface area (Å²) in [4.78, 5) is 36.1. The Morgan fingerprint density at radius 2 is 2.03 bits per heavy atom. The molecule has 2 N–H and O–H groups in total. The number of aliphatic hydroxyl groups is 1. The number of H-pyrrole nitrogens is 1. The Morgan fingerprint density at radius 3 is 2.62 bits per heavy atom. The molecule has 1 saturated heterocycles. The highest BCUT2D eigenvalue weighted by molar-refractivity contribution is 7.54. The highest BCUT2D eigenvalue weighted by atomic mass is 35.5. The average Bonchev–Trinajstić information content (AvgIpc) is 3.10. The number of alkyl halides is 1. The number of ether oxygens (including phenoxy) is 2. The first-order valence-corrected chi connectivity index (χ1v) is 13.3. The zero-order chi connectivity index (χ0) is 29.2. The van der Waals surface area contributed by atoms with Crippen LogP contribution in [0.3, 0.4) is 0 Å². The van der Waals surface area contributed by atoms with Gasteiger partial charge in [-0.2, -0.15) is 0 Å². The van der Waals surface area contributed by atoms with E-state index in [1.807, 2.05) is 4.98 Å². The van der Waals surface area contributed by atoms with Crippen molar-refractivity contribution in [2.45, 2.75) is 50.2 Å². The van der Waals surface area contributed by atoms with Gasteiger partial charge in [0.25, 0.3) is 5.56 Å². The first kappa shape index (κ1) is 25.8. The van der Waals surface area contributed by atoms with E-state index in [1.54, 1.807) is 32.0 Å². The second-order valence-electron chi connectivity index (χ2n) is 8.58. The molecule has 1 aliphatic heterocycles. The maximum absolute atomic E-state index is 13.9. The summed E-state index contributed by atoms with van der Waals surface area (Å²) in [5.74, 6) is 0.404. The van der Waals surface area contributed by atoms with E-state index in [0.29, 0.717) is 0 Å². The van der Waals surface area contributed by atoms with Gasteiger partial charge in [-0.15, -0.1) is 6.42 Å². The van der Waals surface area contributed by atoms with Crippen molar-refractivity contribution in [1.82, 2.24) is 9.55 Å². The SMILES string of the molecule is [2H]C([2H])(O[P@@](=O)(C[C@@H](C)C(=O)OC(C)C)Oc1ccccc1)[C@H]1O[C@@H](n2ccc(=O)[nH]c2=O)C(Cl)(C#C)[C@H]1O. The first-order chi connectivity index (χ1) is 18.1. The Labute approximate surface area is 221 Å². The number of para-hydroxylation sites is 1. The molecule has 200 valence electrons. The van der Waals surface area contributed by atoms with Crippen LogP contribution >= 0.6 is 19.2 Å². The van der Waals surface area contributed by atoms with Gasteiger partial charge in [0, 0.05) is 12.3 Å². The van der Waals surface area contributed by atoms with Gasteiger partial charge in [-0.25, -0.2) is 9.36 Å². The number of hydrogen-bond acceptors (Lipinski definition) is 9. The van der Waals surface area contributed by atoms with Crippen LogP contribution in [0.5, 0.6) is 5.75 Å². The summed E-state index contributed by atoms with van der Waals surface area (Å²) in [7, 11) is -4.53. The Balaban J connectivity index is 1.96. The molecule has 13 heteroatoms. The summed E-state index contributed by atoms with van der Waals surface area (Å²) >= 11 is 6.45. The summed E-state index contributed by atoms with van der Waals surface area (Å²) in [6, 6.07) is 8.70. The number of carbonyl (C=O) groups is 1. The minimum Gasteiger partial charge on any atom is -0.463 e.